The summed E-state index contributed by atoms with van der Waals surface area (Å²) < 4.78 is 10.9. The summed E-state index contributed by atoms with van der Waals surface area (Å²) in [5, 5.41) is 13.7. The summed E-state index contributed by atoms with van der Waals surface area (Å²) in [6.07, 6.45) is 0. The molecule has 0 aliphatic heterocycles. The first-order chi connectivity index (χ1) is 18.3. The molecule has 0 bridgehead atoms. The van der Waals surface area contributed by atoms with Crippen LogP contribution in [0.2, 0.25) is 0 Å². The molecule has 1 aromatic heterocycles. The number of pyridine rings is 1. The topological polar surface area (TPSA) is 84.2 Å². The minimum atomic E-state index is -0.164. The minimum absolute atomic E-state index is 0.109. The molecule has 192 valence electrons. The van der Waals surface area contributed by atoms with Crippen LogP contribution in [0.5, 0.6) is 11.5 Å². The van der Waals surface area contributed by atoms with Crippen molar-refractivity contribution in [3.05, 3.63) is 89.0 Å². The predicted octanol–water partition coefficient (Wildman–Crippen LogP) is 6.96. The van der Waals surface area contributed by atoms with Crippen LogP contribution in [0.3, 0.4) is 0 Å². The number of anilines is 1. The van der Waals surface area contributed by atoms with Crippen molar-refractivity contribution in [1.29, 1.82) is 5.26 Å². The van der Waals surface area contributed by atoms with E-state index in [9.17, 15) is 10.1 Å². The Labute approximate surface area is 227 Å². The number of thioether (sulfide) groups is 1. The van der Waals surface area contributed by atoms with E-state index in [0.29, 0.717) is 33.3 Å². The van der Waals surface area contributed by atoms with E-state index < -0.39 is 0 Å². The summed E-state index contributed by atoms with van der Waals surface area (Å²) in [7, 11) is 3.16. The van der Waals surface area contributed by atoms with E-state index in [2.05, 4.69) is 11.4 Å². The van der Waals surface area contributed by atoms with Crippen molar-refractivity contribution in [3.8, 4) is 40.0 Å². The molecule has 1 heterocycles. The van der Waals surface area contributed by atoms with Crippen LogP contribution in [0.1, 0.15) is 22.3 Å². The van der Waals surface area contributed by atoms with Crippen molar-refractivity contribution in [3.63, 3.8) is 0 Å². The fraction of sp³-hybridized carbons (Fsp3) is 0.194. The highest BCUT2D eigenvalue weighted by molar-refractivity contribution is 8.00. The molecular formula is C31H29N3O3S. The third kappa shape index (κ3) is 5.82. The molecule has 0 radical (unpaired) electrons. The number of methoxy groups -OCH3 is 2. The molecule has 0 saturated heterocycles. The second kappa shape index (κ2) is 11.8. The van der Waals surface area contributed by atoms with E-state index in [1.165, 1.54) is 11.8 Å². The van der Waals surface area contributed by atoms with Gasteiger partial charge in [-0.25, -0.2) is 4.98 Å². The van der Waals surface area contributed by atoms with Gasteiger partial charge in [-0.3, -0.25) is 4.79 Å². The molecule has 7 heteroatoms. The maximum atomic E-state index is 12.9. The van der Waals surface area contributed by atoms with E-state index in [-0.39, 0.29) is 11.7 Å². The molecule has 6 nitrogen and oxygen atoms in total. The van der Waals surface area contributed by atoms with Crippen LogP contribution in [0, 0.1) is 32.1 Å². The largest absolute Gasteiger partial charge is 0.493 e. The smallest absolute Gasteiger partial charge is 0.234 e. The van der Waals surface area contributed by atoms with Gasteiger partial charge in [-0.1, -0.05) is 59.8 Å². The number of ether oxygens (including phenoxy) is 2. The van der Waals surface area contributed by atoms with Crippen molar-refractivity contribution < 1.29 is 14.3 Å². The Morgan fingerprint density at radius 1 is 0.947 bits per heavy atom. The second-order valence-electron chi connectivity index (χ2n) is 8.87. The molecule has 3 aromatic carbocycles. The van der Waals surface area contributed by atoms with Crippen molar-refractivity contribution in [2.75, 3.05) is 25.3 Å². The van der Waals surface area contributed by atoms with Gasteiger partial charge in [0, 0.05) is 16.8 Å². The number of rotatable bonds is 8. The molecule has 0 atom stereocenters. The normalized spacial score (nSPS) is 10.5. The maximum Gasteiger partial charge on any atom is 0.234 e. The molecule has 4 rings (SSSR count). The quantitative estimate of drug-likeness (QED) is 0.251. The van der Waals surface area contributed by atoms with Gasteiger partial charge < -0.3 is 14.8 Å². The van der Waals surface area contributed by atoms with Gasteiger partial charge in [0.1, 0.15) is 11.1 Å². The van der Waals surface area contributed by atoms with Crippen molar-refractivity contribution in [1.82, 2.24) is 4.98 Å². The summed E-state index contributed by atoms with van der Waals surface area (Å²) in [5.74, 6) is 1.10. The van der Waals surface area contributed by atoms with Gasteiger partial charge in [0.15, 0.2) is 11.5 Å². The Bertz CT molecular complexity index is 1530. The van der Waals surface area contributed by atoms with E-state index in [4.69, 9.17) is 14.5 Å². The van der Waals surface area contributed by atoms with Crippen LogP contribution in [-0.4, -0.2) is 30.9 Å². The van der Waals surface area contributed by atoms with Gasteiger partial charge in [0.25, 0.3) is 0 Å². The molecule has 0 fully saturated rings. The summed E-state index contributed by atoms with van der Waals surface area (Å²) >= 11 is 1.25. The molecule has 1 N–H and O–H groups in total. The van der Waals surface area contributed by atoms with Gasteiger partial charge in [-0.2, -0.15) is 5.26 Å². The van der Waals surface area contributed by atoms with Crippen LogP contribution in [0.15, 0.2) is 71.8 Å². The highest BCUT2D eigenvalue weighted by atomic mass is 32.2. The summed E-state index contributed by atoms with van der Waals surface area (Å²) in [5.41, 5.74) is 7.58. The van der Waals surface area contributed by atoms with Gasteiger partial charge >= 0.3 is 0 Å². The lowest BCUT2D eigenvalue weighted by atomic mass is 9.98. The molecule has 0 spiro atoms. The van der Waals surface area contributed by atoms with E-state index >= 15 is 0 Å². The summed E-state index contributed by atoms with van der Waals surface area (Å²) in [6, 6.07) is 23.6. The number of carbonyl (C=O) groups is 1. The number of hydrogen-bond donors (Lipinski definition) is 1. The number of carbonyl (C=O) groups excluding carboxylic acids is 1. The molecule has 1 amide bonds. The first-order valence-electron chi connectivity index (χ1n) is 12.1. The fourth-order valence-electron chi connectivity index (χ4n) is 4.04. The molecule has 0 saturated carbocycles. The first-order valence-corrected chi connectivity index (χ1v) is 13.1. The summed E-state index contributed by atoms with van der Waals surface area (Å²) in [6.45, 7) is 6.02. The minimum Gasteiger partial charge on any atom is -0.493 e. The number of hydrogen-bond acceptors (Lipinski definition) is 6. The molecule has 0 aliphatic rings. The number of aromatic nitrogens is 1. The zero-order chi connectivity index (χ0) is 27.2. The second-order valence-corrected chi connectivity index (χ2v) is 9.83. The Kier molecular flexibility index (Phi) is 8.35. The molecule has 0 unspecified atom stereocenters. The Hall–Kier alpha value is -4.28. The van der Waals surface area contributed by atoms with Gasteiger partial charge in [0.2, 0.25) is 5.91 Å². The summed E-state index contributed by atoms with van der Waals surface area (Å²) in [4.78, 5) is 17.7. The van der Waals surface area contributed by atoms with Gasteiger partial charge in [0.05, 0.1) is 31.2 Å². The third-order valence-electron chi connectivity index (χ3n) is 6.36. The zero-order valence-electron chi connectivity index (χ0n) is 22.1. The molecule has 38 heavy (non-hydrogen) atoms. The SMILES string of the molecule is COc1ccc(-c2cc(-c3ccc(C)cc3)nc(SCC(=O)Nc3cccc(C)c3C)c2C#N)cc1OC. The van der Waals surface area contributed by atoms with Crippen LogP contribution in [0.25, 0.3) is 22.4 Å². The van der Waals surface area contributed by atoms with E-state index in [1.54, 1.807) is 14.2 Å². The Morgan fingerprint density at radius 3 is 2.34 bits per heavy atom. The molecule has 0 aliphatic carbocycles. The van der Waals surface area contributed by atoms with E-state index in [1.807, 2.05) is 87.5 Å². The zero-order valence-corrected chi connectivity index (χ0v) is 22.9. The molecular weight excluding hydrogens is 494 g/mol. The number of amides is 1. The highest BCUT2D eigenvalue weighted by Crippen LogP contribution is 2.38. The standard InChI is InChI=1S/C31H29N3O3S/c1-19-9-11-22(12-10-19)27-16-24(23-13-14-28(36-4)29(15-23)37-5)25(17-32)31(34-27)38-18-30(35)33-26-8-6-7-20(2)21(26)3/h6-16H,18H2,1-5H3,(H,33,35). The number of benzene rings is 3. The van der Waals surface area contributed by atoms with Crippen LogP contribution in [0.4, 0.5) is 5.69 Å². The Balaban J connectivity index is 1.74. The van der Waals surface area contributed by atoms with Crippen molar-refractivity contribution >= 4 is 23.4 Å². The fourth-order valence-corrected chi connectivity index (χ4v) is 4.85. The number of aryl methyl sites for hydroxylation is 2. The highest BCUT2D eigenvalue weighted by Gasteiger charge is 2.19. The van der Waals surface area contributed by atoms with Gasteiger partial charge in [-0.15, -0.1) is 0 Å². The van der Waals surface area contributed by atoms with Crippen molar-refractivity contribution in [2.45, 2.75) is 25.8 Å². The average molecular weight is 524 g/mol. The lowest BCUT2D eigenvalue weighted by Crippen LogP contribution is -2.15. The Morgan fingerprint density at radius 2 is 1.66 bits per heavy atom. The first kappa shape index (κ1) is 26.8. The number of nitrogens with zero attached hydrogens (tertiary/aromatic N) is 2. The average Bonchev–Trinajstić information content (AvgIpc) is 2.93. The monoisotopic (exact) mass is 523 g/mol. The number of nitriles is 1. The number of nitrogens with one attached hydrogen (secondary N) is 1. The van der Waals surface area contributed by atoms with Gasteiger partial charge in [-0.05, 0) is 61.7 Å². The van der Waals surface area contributed by atoms with Crippen molar-refractivity contribution in [2.24, 2.45) is 0 Å². The third-order valence-corrected chi connectivity index (χ3v) is 7.33. The van der Waals surface area contributed by atoms with Crippen LogP contribution in [-0.2, 0) is 4.79 Å². The molecule has 4 aromatic rings. The predicted molar refractivity (Wildman–Crippen MR) is 153 cm³/mol. The lowest BCUT2D eigenvalue weighted by Gasteiger charge is -2.15. The maximum absolute atomic E-state index is 12.9. The van der Waals surface area contributed by atoms with E-state index in [0.717, 1.165) is 33.5 Å². The lowest BCUT2D eigenvalue weighted by molar-refractivity contribution is -0.113. The van der Waals surface area contributed by atoms with Crippen LogP contribution >= 0.6 is 11.8 Å². The van der Waals surface area contributed by atoms with Crippen LogP contribution < -0.4 is 14.8 Å².